The second-order valence-electron chi connectivity index (χ2n) is 5.48. The van der Waals surface area contributed by atoms with Crippen LogP contribution < -0.4 is 20.9 Å². The first kappa shape index (κ1) is 20.4. The topological polar surface area (TPSA) is 79.5 Å². The van der Waals surface area contributed by atoms with Crippen LogP contribution in [0.15, 0.2) is 54.6 Å². The van der Waals surface area contributed by atoms with E-state index in [2.05, 4.69) is 16.2 Å². The first-order valence-corrected chi connectivity index (χ1v) is 8.74. The number of rotatable bonds is 5. The van der Waals surface area contributed by atoms with E-state index in [1.54, 1.807) is 36.4 Å². The number of nitrogens with one attached hydrogen (secondary N) is 3. The molecular weight excluding hydrogens is 386 g/mol. The lowest BCUT2D eigenvalue weighted by Crippen LogP contribution is -2.49. The van der Waals surface area contributed by atoms with Crippen molar-refractivity contribution in [2.75, 3.05) is 6.61 Å². The van der Waals surface area contributed by atoms with Gasteiger partial charge in [0.1, 0.15) is 5.75 Å². The molecule has 0 aliphatic heterocycles. The van der Waals surface area contributed by atoms with Crippen molar-refractivity contribution in [3.05, 3.63) is 70.8 Å². The van der Waals surface area contributed by atoms with Crippen molar-refractivity contribution in [1.82, 2.24) is 16.2 Å². The fourth-order valence-corrected chi connectivity index (χ4v) is 2.22. The molecule has 0 radical (unpaired) electrons. The van der Waals surface area contributed by atoms with E-state index in [-0.39, 0.29) is 11.7 Å². The summed E-state index contributed by atoms with van der Waals surface area (Å²) in [6, 6.07) is 14.3. The minimum Gasteiger partial charge on any atom is -0.484 e. The highest BCUT2D eigenvalue weighted by Gasteiger charge is 2.05. The average Bonchev–Trinajstić information content (AvgIpc) is 2.64. The number of hydrogen-bond acceptors (Lipinski definition) is 4. The van der Waals surface area contributed by atoms with Crippen LogP contribution in [-0.4, -0.2) is 23.5 Å². The van der Waals surface area contributed by atoms with E-state index in [0.717, 1.165) is 11.1 Å². The smallest absolute Gasteiger partial charge is 0.276 e. The Labute approximate surface area is 167 Å². The molecule has 0 heterocycles. The molecule has 0 aromatic heterocycles. The van der Waals surface area contributed by atoms with Crippen LogP contribution in [0, 0.1) is 6.92 Å². The molecule has 0 fully saturated rings. The fourth-order valence-electron chi connectivity index (χ4n) is 1.95. The third kappa shape index (κ3) is 7.89. The predicted molar refractivity (Wildman–Crippen MR) is 109 cm³/mol. The van der Waals surface area contributed by atoms with E-state index in [1.165, 1.54) is 6.08 Å². The molecule has 0 saturated heterocycles. The zero-order valence-electron chi connectivity index (χ0n) is 14.5. The van der Waals surface area contributed by atoms with Crippen LogP contribution in [0.5, 0.6) is 5.75 Å². The van der Waals surface area contributed by atoms with Gasteiger partial charge in [0.05, 0.1) is 0 Å². The van der Waals surface area contributed by atoms with E-state index in [4.69, 9.17) is 28.6 Å². The highest BCUT2D eigenvalue weighted by atomic mass is 35.5. The molecule has 0 saturated carbocycles. The maximum atomic E-state index is 11.8. The molecule has 2 aromatic rings. The van der Waals surface area contributed by atoms with Gasteiger partial charge in [0.2, 0.25) is 5.91 Å². The summed E-state index contributed by atoms with van der Waals surface area (Å²) in [6.45, 7) is 1.74. The lowest BCUT2D eigenvalue weighted by molar-refractivity contribution is -0.123. The molecule has 0 bridgehead atoms. The van der Waals surface area contributed by atoms with Crippen LogP contribution in [0.1, 0.15) is 11.1 Å². The predicted octanol–water partition coefficient (Wildman–Crippen LogP) is 2.76. The first-order valence-electron chi connectivity index (χ1n) is 7.95. The molecule has 0 unspecified atom stereocenters. The molecule has 0 spiro atoms. The van der Waals surface area contributed by atoms with Gasteiger partial charge in [-0.05, 0) is 60.6 Å². The molecule has 6 nitrogen and oxygen atoms in total. The molecule has 2 aromatic carbocycles. The summed E-state index contributed by atoms with van der Waals surface area (Å²) < 4.78 is 5.35. The van der Waals surface area contributed by atoms with Crippen molar-refractivity contribution in [3.63, 3.8) is 0 Å². The summed E-state index contributed by atoms with van der Waals surface area (Å²) in [5.41, 5.74) is 6.62. The quantitative estimate of drug-likeness (QED) is 0.406. The number of aryl methyl sites for hydroxylation is 1. The second kappa shape index (κ2) is 10.3. The number of benzene rings is 2. The Morgan fingerprint density at radius 2 is 1.89 bits per heavy atom. The second-order valence-corrected chi connectivity index (χ2v) is 6.33. The van der Waals surface area contributed by atoms with Crippen molar-refractivity contribution < 1.29 is 14.3 Å². The van der Waals surface area contributed by atoms with Gasteiger partial charge in [0.15, 0.2) is 11.7 Å². The van der Waals surface area contributed by atoms with Gasteiger partial charge in [0, 0.05) is 11.1 Å². The third-order valence-electron chi connectivity index (χ3n) is 3.21. The maximum absolute atomic E-state index is 11.8. The number of carbonyl (C=O) groups is 2. The van der Waals surface area contributed by atoms with Gasteiger partial charge in [-0.3, -0.25) is 25.8 Å². The van der Waals surface area contributed by atoms with Gasteiger partial charge in [0.25, 0.3) is 5.91 Å². The van der Waals surface area contributed by atoms with Crippen LogP contribution in [0.4, 0.5) is 0 Å². The molecular formula is C19H18ClN3O3S. The normalized spacial score (nSPS) is 10.3. The molecule has 2 amide bonds. The zero-order valence-corrected chi connectivity index (χ0v) is 16.1. The van der Waals surface area contributed by atoms with Gasteiger partial charge in [-0.2, -0.15) is 0 Å². The lowest BCUT2D eigenvalue weighted by Gasteiger charge is -2.10. The number of hydrogen-bond donors (Lipinski definition) is 3. The van der Waals surface area contributed by atoms with Crippen LogP contribution in [0.25, 0.3) is 6.08 Å². The maximum Gasteiger partial charge on any atom is 0.276 e. The van der Waals surface area contributed by atoms with Gasteiger partial charge >= 0.3 is 0 Å². The molecule has 27 heavy (non-hydrogen) atoms. The highest BCUT2D eigenvalue weighted by Crippen LogP contribution is 2.12. The van der Waals surface area contributed by atoms with Gasteiger partial charge in [-0.1, -0.05) is 35.9 Å². The number of thiocarbonyl (C=S) groups is 1. The van der Waals surface area contributed by atoms with Crippen molar-refractivity contribution in [3.8, 4) is 5.75 Å². The van der Waals surface area contributed by atoms with Gasteiger partial charge < -0.3 is 4.74 Å². The van der Waals surface area contributed by atoms with E-state index < -0.39 is 11.8 Å². The summed E-state index contributed by atoms with van der Waals surface area (Å²) in [5.74, 6) is -0.286. The number of halogens is 1. The summed E-state index contributed by atoms with van der Waals surface area (Å²) in [6.07, 6.45) is 2.93. The Kier molecular flexibility index (Phi) is 7.79. The Morgan fingerprint density at radius 1 is 1.15 bits per heavy atom. The highest BCUT2D eigenvalue weighted by molar-refractivity contribution is 7.80. The van der Waals surface area contributed by atoms with Crippen molar-refractivity contribution in [2.24, 2.45) is 0 Å². The Morgan fingerprint density at radius 3 is 2.59 bits per heavy atom. The summed E-state index contributed by atoms with van der Waals surface area (Å²) >= 11 is 10.7. The molecule has 8 heteroatoms. The minimum atomic E-state index is -0.440. The average molecular weight is 404 g/mol. The summed E-state index contributed by atoms with van der Waals surface area (Å²) in [4.78, 5) is 23.5. The molecule has 0 aliphatic rings. The first-order chi connectivity index (χ1) is 12.9. The third-order valence-corrected chi connectivity index (χ3v) is 3.66. The van der Waals surface area contributed by atoms with Gasteiger partial charge in [-0.25, -0.2) is 0 Å². The number of hydrazine groups is 1. The number of amides is 2. The molecule has 0 aliphatic carbocycles. The van der Waals surface area contributed by atoms with E-state index in [0.29, 0.717) is 10.8 Å². The van der Waals surface area contributed by atoms with Crippen LogP contribution in [0.3, 0.4) is 0 Å². The molecule has 2 rings (SSSR count). The van der Waals surface area contributed by atoms with Crippen LogP contribution in [-0.2, 0) is 9.59 Å². The fraction of sp³-hybridized carbons (Fsp3) is 0.105. The summed E-state index contributed by atoms with van der Waals surface area (Å²) in [7, 11) is 0. The molecule has 0 atom stereocenters. The monoisotopic (exact) mass is 403 g/mol. The Hall–Kier alpha value is -2.90. The van der Waals surface area contributed by atoms with E-state index in [9.17, 15) is 9.59 Å². The van der Waals surface area contributed by atoms with Gasteiger partial charge in [-0.15, -0.1) is 0 Å². The lowest BCUT2D eigenvalue weighted by atomic mass is 10.2. The van der Waals surface area contributed by atoms with Crippen LogP contribution in [0.2, 0.25) is 5.02 Å². The van der Waals surface area contributed by atoms with Crippen molar-refractivity contribution in [2.45, 2.75) is 6.92 Å². The largest absolute Gasteiger partial charge is 0.484 e. The zero-order chi connectivity index (χ0) is 19.6. The SMILES string of the molecule is Cc1cccc(OCC(=O)NNC(=S)NC(=O)/C=C/c2ccc(Cl)cc2)c1. The standard InChI is InChI=1S/C19H18ClN3O3S/c1-13-3-2-4-16(11-13)26-12-18(25)22-23-19(27)21-17(24)10-7-14-5-8-15(20)9-6-14/h2-11H,12H2,1H3,(H,22,25)(H2,21,23,24,27)/b10-7+. The van der Waals surface area contributed by atoms with Crippen molar-refractivity contribution in [1.29, 1.82) is 0 Å². The summed E-state index contributed by atoms with van der Waals surface area (Å²) in [5, 5.41) is 2.99. The Bertz CT molecular complexity index is 854. The van der Waals surface area contributed by atoms with E-state index >= 15 is 0 Å². The van der Waals surface area contributed by atoms with Crippen molar-refractivity contribution >= 4 is 46.8 Å². The molecule has 3 N–H and O–H groups in total. The van der Waals surface area contributed by atoms with Crippen LogP contribution >= 0.6 is 23.8 Å². The number of carbonyl (C=O) groups excluding carboxylic acids is 2. The number of ether oxygens (including phenoxy) is 1. The Balaban J connectivity index is 1.69. The minimum absolute atomic E-state index is 0.0374. The molecule has 140 valence electrons. The van der Waals surface area contributed by atoms with E-state index in [1.807, 2.05) is 25.1 Å².